The fourth-order valence-corrected chi connectivity index (χ4v) is 2.53. The van der Waals surface area contributed by atoms with Gasteiger partial charge in [0.15, 0.2) is 0 Å². The van der Waals surface area contributed by atoms with Gasteiger partial charge in [-0.3, -0.25) is 4.79 Å². The molecule has 1 aromatic rings. The number of ether oxygens (including phenoxy) is 2. The summed E-state index contributed by atoms with van der Waals surface area (Å²) in [5.74, 6) is 1.00. The van der Waals surface area contributed by atoms with E-state index in [9.17, 15) is 4.79 Å². The number of methoxy groups -OCH3 is 1. The van der Waals surface area contributed by atoms with Crippen LogP contribution in [-0.4, -0.2) is 32.3 Å². The van der Waals surface area contributed by atoms with Crippen LogP contribution in [0.2, 0.25) is 0 Å². The Hall–Kier alpha value is -1.30. The first-order valence-electron chi connectivity index (χ1n) is 7.43. The zero-order valence-corrected chi connectivity index (χ0v) is 13.7. The summed E-state index contributed by atoms with van der Waals surface area (Å²) in [7, 11) is 1.65. The highest BCUT2D eigenvalue weighted by Gasteiger charge is 2.27. The van der Waals surface area contributed by atoms with Gasteiger partial charge >= 0.3 is 0 Å². The number of hydrogen-bond donors (Lipinski definition) is 2. The maximum absolute atomic E-state index is 12.0. The molecule has 2 unspecified atom stereocenters. The fraction of sp³-hybridized carbons (Fsp3) is 0.562. The minimum Gasteiger partial charge on any atom is -0.491 e. The molecule has 0 heterocycles. The van der Waals surface area contributed by atoms with Crippen LogP contribution in [0.1, 0.15) is 24.8 Å². The third-order valence-electron chi connectivity index (χ3n) is 3.79. The standard InChI is InChI=1S/C16H24N2O3.ClH/c1-20-8-9-21-15-6-2-12(3-7-15)11-18-16(19)13-4-5-14(17)10-13;/h2-3,6-7,13-14H,4-5,8-11,17H2,1H3,(H,18,19);1H. The number of amides is 1. The maximum Gasteiger partial charge on any atom is 0.223 e. The molecule has 2 atom stereocenters. The van der Waals surface area contributed by atoms with Crippen LogP contribution in [0, 0.1) is 5.92 Å². The lowest BCUT2D eigenvalue weighted by Gasteiger charge is -2.11. The summed E-state index contributed by atoms with van der Waals surface area (Å²) in [6, 6.07) is 7.92. The van der Waals surface area contributed by atoms with Crippen molar-refractivity contribution in [1.29, 1.82) is 0 Å². The van der Waals surface area contributed by atoms with E-state index >= 15 is 0 Å². The molecule has 124 valence electrons. The topological polar surface area (TPSA) is 73.6 Å². The van der Waals surface area contributed by atoms with E-state index in [2.05, 4.69) is 5.32 Å². The Labute approximate surface area is 138 Å². The lowest BCUT2D eigenvalue weighted by atomic mass is 10.1. The molecule has 1 aromatic carbocycles. The van der Waals surface area contributed by atoms with E-state index in [1.54, 1.807) is 7.11 Å². The lowest BCUT2D eigenvalue weighted by molar-refractivity contribution is -0.125. The van der Waals surface area contributed by atoms with E-state index in [1.165, 1.54) is 0 Å². The first-order chi connectivity index (χ1) is 10.2. The molecular weight excluding hydrogens is 304 g/mol. The summed E-state index contributed by atoms with van der Waals surface area (Å²) in [6.07, 6.45) is 2.66. The van der Waals surface area contributed by atoms with Gasteiger partial charge in [-0.15, -0.1) is 12.4 Å². The number of nitrogens with one attached hydrogen (secondary N) is 1. The second-order valence-corrected chi connectivity index (χ2v) is 5.47. The number of carbonyl (C=O) groups excluding carboxylic acids is 1. The van der Waals surface area contributed by atoms with Gasteiger partial charge in [0.05, 0.1) is 6.61 Å². The van der Waals surface area contributed by atoms with Crippen molar-refractivity contribution in [3.05, 3.63) is 29.8 Å². The van der Waals surface area contributed by atoms with Crippen LogP contribution in [0.15, 0.2) is 24.3 Å². The minimum absolute atomic E-state index is 0. The van der Waals surface area contributed by atoms with Crippen LogP contribution in [0.5, 0.6) is 5.75 Å². The number of carbonyl (C=O) groups is 1. The van der Waals surface area contributed by atoms with Gasteiger partial charge in [-0.05, 0) is 37.0 Å². The largest absolute Gasteiger partial charge is 0.491 e. The Kier molecular flexibility index (Phi) is 8.24. The van der Waals surface area contributed by atoms with Crippen molar-refractivity contribution >= 4 is 18.3 Å². The second-order valence-electron chi connectivity index (χ2n) is 5.47. The van der Waals surface area contributed by atoms with Crippen molar-refractivity contribution in [3.8, 4) is 5.75 Å². The minimum atomic E-state index is 0. The van der Waals surface area contributed by atoms with Crippen LogP contribution in [0.4, 0.5) is 0 Å². The fourth-order valence-electron chi connectivity index (χ4n) is 2.53. The number of hydrogen-bond acceptors (Lipinski definition) is 4. The smallest absolute Gasteiger partial charge is 0.223 e. The lowest BCUT2D eigenvalue weighted by Crippen LogP contribution is -2.29. The summed E-state index contributed by atoms with van der Waals surface area (Å²) in [5.41, 5.74) is 6.89. The molecule has 6 heteroatoms. The van der Waals surface area contributed by atoms with Crippen molar-refractivity contribution < 1.29 is 14.3 Å². The summed E-state index contributed by atoms with van der Waals surface area (Å²) in [6.45, 7) is 1.65. The zero-order chi connectivity index (χ0) is 15.1. The summed E-state index contributed by atoms with van der Waals surface area (Å²) >= 11 is 0. The number of halogens is 1. The molecular formula is C16H25ClN2O3. The molecule has 1 amide bonds. The zero-order valence-electron chi connectivity index (χ0n) is 12.9. The summed E-state index contributed by atoms with van der Waals surface area (Å²) in [5, 5.41) is 2.98. The molecule has 1 fully saturated rings. The highest BCUT2D eigenvalue weighted by Crippen LogP contribution is 2.24. The molecule has 1 aliphatic carbocycles. The van der Waals surface area contributed by atoms with E-state index in [4.69, 9.17) is 15.2 Å². The Morgan fingerprint density at radius 2 is 2.00 bits per heavy atom. The molecule has 3 N–H and O–H groups in total. The third-order valence-corrected chi connectivity index (χ3v) is 3.79. The Balaban J connectivity index is 0.00000242. The number of rotatable bonds is 7. The Bertz CT molecular complexity index is 453. The van der Waals surface area contributed by atoms with E-state index in [-0.39, 0.29) is 30.3 Å². The van der Waals surface area contributed by atoms with Gasteiger partial charge in [0.2, 0.25) is 5.91 Å². The quantitative estimate of drug-likeness (QED) is 0.749. The Morgan fingerprint density at radius 3 is 2.59 bits per heavy atom. The van der Waals surface area contributed by atoms with E-state index in [1.807, 2.05) is 24.3 Å². The summed E-state index contributed by atoms with van der Waals surface area (Å²) in [4.78, 5) is 12.0. The molecule has 22 heavy (non-hydrogen) atoms. The van der Waals surface area contributed by atoms with Crippen LogP contribution in [0.3, 0.4) is 0 Å². The van der Waals surface area contributed by atoms with Crippen LogP contribution < -0.4 is 15.8 Å². The average Bonchev–Trinajstić information content (AvgIpc) is 2.93. The average molecular weight is 329 g/mol. The van der Waals surface area contributed by atoms with Crippen molar-refractivity contribution in [2.45, 2.75) is 31.8 Å². The molecule has 1 aliphatic rings. The van der Waals surface area contributed by atoms with Gasteiger partial charge in [-0.1, -0.05) is 12.1 Å². The van der Waals surface area contributed by atoms with Crippen LogP contribution in [0.25, 0.3) is 0 Å². The highest BCUT2D eigenvalue weighted by molar-refractivity contribution is 5.85. The molecule has 0 aliphatic heterocycles. The van der Waals surface area contributed by atoms with Crippen molar-refractivity contribution in [2.24, 2.45) is 11.7 Å². The van der Waals surface area contributed by atoms with Gasteiger partial charge in [0.25, 0.3) is 0 Å². The Morgan fingerprint density at radius 1 is 1.27 bits per heavy atom. The van der Waals surface area contributed by atoms with Gasteiger partial charge in [-0.25, -0.2) is 0 Å². The van der Waals surface area contributed by atoms with Gasteiger partial charge in [-0.2, -0.15) is 0 Å². The predicted molar refractivity (Wildman–Crippen MR) is 88.2 cm³/mol. The van der Waals surface area contributed by atoms with E-state index in [0.717, 1.165) is 30.6 Å². The monoisotopic (exact) mass is 328 g/mol. The summed E-state index contributed by atoms with van der Waals surface area (Å²) < 4.78 is 10.4. The van der Waals surface area contributed by atoms with Crippen molar-refractivity contribution in [1.82, 2.24) is 5.32 Å². The molecule has 0 bridgehead atoms. The normalized spacial score (nSPS) is 20.3. The molecule has 2 rings (SSSR count). The predicted octanol–water partition coefficient (Wildman–Crippen LogP) is 1.88. The number of nitrogens with two attached hydrogens (primary N) is 1. The molecule has 0 spiro atoms. The first-order valence-corrected chi connectivity index (χ1v) is 7.43. The molecule has 0 aromatic heterocycles. The van der Waals surface area contributed by atoms with Crippen molar-refractivity contribution in [2.75, 3.05) is 20.3 Å². The van der Waals surface area contributed by atoms with Crippen LogP contribution >= 0.6 is 12.4 Å². The highest BCUT2D eigenvalue weighted by atomic mass is 35.5. The molecule has 0 radical (unpaired) electrons. The SMILES string of the molecule is COCCOc1ccc(CNC(=O)C2CCC(N)C2)cc1.Cl. The number of benzene rings is 1. The molecule has 1 saturated carbocycles. The third kappa shape index (κ3) is 5.83. The van der Waals surface area contributed by atoms with Gasteiger partial charge < -0.3 is 20.5 Å². The van der Waals surface area contributed by atoms with Gasteiger partial charge in [0.1, 0.15) is 12.4 Å². The van der Waals surface area contributed by atoms with E-state index < -0.39 is 0 Å². The molecule has 5 nitrogen and oxygen atoms in total. The maximum atomic E-state index is 12.0. The second kappa shape index (κ2) is 9.66. The van der Waals surface area contributed by atoms with Crippen molar-refractivity contribution in [3.63, 3.8) is 0 Å². The van der Waals surface area contributed by atoms with Crippen LogP contribution in [-0.2, 0) is 16.1 Å². The van der Waals surface area contributed by atoms with E-state index in [0.29, 0.717) is 19.8 Å². The first kappa shape index (κ1) is 18.7. The molecule has 0 saturated heterocycles. The van der Waals surface area contributed by atoms with Gasteiger partial charge in [0, 0.05) is 25.6 Å².